The lowest BCUT2D eigenvalue weighted by Gasteiger charge is -2.01. The minimum atomic E-state index is -0.341. The van der Waals surface area contributed by atoms with Crippen LogP contribution in [0.25, 0.3) is 11.1 Å². The van der Waals surface area contributed by atoms with Crippen LogP contribution in [0.1, 0.15) is 21.7 Å². The van der Waals surface area contributed by atoms with E-state index < -0.39 is 0 Å². The van der Waals surface area contributed by atoms with Crippen molar-refractivity contribution in [3.8, 4) is 11.1 Å². The molecule has 0 fully saturated rings. The van der Waals surface area contributed by atoms with E-state index in [0.29, 0.717) is 5.69 Å². The van der Waals surface area contributed by atoms with Gasteiger partial charge >= 0.3 is 0 Å². The first-order chi connectivity index (χ1) is 11.2. The first kappa shape index (κ1) is 14.7. The molecule has 1 heterocycles. The van der Waals surface area contributed by atoms with Gasteiger partial charge in [-0.3, -0.25) is 9.89 Å². The molecule has 1 amide bonds. The maximum absolute atomic E-state index is 11.8. The number of aryl methyl sites for hydroxylation is 1. The van der Waals surface area contributed by atoms with Gasteiger partial charge < -0.3 is 0 Å². The summed E-state index contributed by atoms with van der Waals surface area (Å²) in [6.45, 7) is 1.83. The van der Waals surface area contributed by atoms with Crippen LogP contribution in [0.15, 0.2) is 65.8 Å². The van der Waals surface area contributed by atoms with E-state index in [1.165, 1.54) is 0 Å². The molecule has 0 saturated carbocycles. The van der Waals surface area contributed by atoms with Crippen LogP contribution in [0.4, 0.5) is 0 Å². The fourth-order valence-corrected chi connectivity index (χ4v) is 2.15. The van der Waals surface area contributed by atoms with Crippen LogP contribution in [0, 0.1) is 6.92 Å². The number of H-pyrrole nitrogens is 1. The van der Waals surface area contributed by atoms with Gasteiger partial charge in [0.15, 0.2) is 5.69 Å². The number of amides is 1. The molecule has 0 spiro atoms. The molecule has 5 heteroatoms. The molecule has 23 heavy (non-hydrogen) atoms. The van der Waals surface area contributed by atoms with Crippen LogP contribution in [0.5, 0.6) is 0 Å². The summed E-state index contributed by atoms with van der Waals surface area (Å²) in [6, 6.07) is 19.8. The van der Waals surface area contributed by atoms with Gasteiger partial charge in [-0.1, -0.05) is 54.6 Å². The number of hydrogen-bond donors (Lipinski definition) is 2. The molecular formula is C18H16N4O. The number of nitrogens with zero attached hydrogens (tertiary/aromatic N) is 2. The highest BCUT2D eigenvalue weighted by atomic mass is 16.2. The summed E-state index contributed by atoms with van der Waals surface area (Å²) in [7, 11) is 0. The zero-order valence-electron chi connectivity index (χ0n) is 12.7. The lowest BCUT2D eigenvalue weighted by atomic mass is 10.0. The maximum atomic E-state index is 11.8. The Morgan fingerprint density at radius 1 is 1.09 bits per heavy atom. The number of carbonyl (C=O) groups is 1. The van der Waals surface area contributed by atoms with Crippen LogP contribution in [-0.2, 0) is 0 Å². The van der Waals surface area contributed by atoms with Gasteiger partial charge in [0, 0.05) is 5.69 Å². The van der Waals surface area contributed by atoms with E-state index in [1.54, 1.807) is 12.3 Å². The molecule has 0 atom stereocenters. The summed E-state index contributed by atoms with van der Waals surface area (Å²) in [5.41, 5.74) is 6.81. The first-order valence-corrected chi connectivity index (χ1v) is 7.23. The molecule has 1 aromatic heterocycles. The van der Waals surface area contributed by atoms with Gasteiger partial charge in [-0.2, -0.15) is 10.2 Å². The number of benzene rings is 2. The van der Waals surface area contributed by atoms with Gasteiger partial charge in [-0.05, 0) is 29.7 Å². The molecule has 0 saturated heterocycles. The van der Waals surface area contributed by atoms with Crippen molar-refractivity contribution in [2.45, 2.75) is 6.92 Å². The fraction of sp³-hybridized carbons (Fsp3) is 0.0556. The van der Waals surface area contributed by atoms with Crippen LogP contribution in [0.3, 0.4) is 0 Å². The number of aromatic amines is 1. The van der Waals surface area contributed by atoms with E-state index in [4.69, 9.17) is 0 Å². The summed E-state index contributed by atoms with van der Waals surface area (Å²) in [5, 5.41) is 10.5. The van der Waals surface area contributed by atoms with Crippen LogP contribution in [0.2, 0.25) is 0 Å². The van der Waals surface area contributed by atoms with Gasteiger partial charge in [-0.25, -0.2) is 5.43 Å². The van der Waals surface area contributed by atoms with Crippen molar-refractivity contribution >= 4 is 12.1 Å². The van der Waals surface area contributed by atoms with E-state index >= 15 is 0 Å². The Kier molecular flexibility index (Phi) is 4.29. The highest BCUT2D eigenvalue weighted by molar-refractivity contribution is 5.93. The van der Waals surface area contributed by atoms with Gasteiger partial charge in [0.1, 0.15) is 0 Å². The van der Waals surface area contributed by atoms with Crippen molar-refractivity contribution in [3.05, 3.63) is 77.6 Å². The van der Waals surface area contributed by atoms with Crippen molar-refractivity contribution in [3.63, 3.8) is 0 Å². The summed E-state index contributed by atoms with van der Waals surface area (Å²) < 4.78 is 0. The van der Waals surface area contributed by atoms with Crippen molar-refractivity contribution in [2.75, 3.05) is 0 Å². The topological polar surface area (TPSA) is 70.1 Å². The Bertz CT molecular complexity index is 820. The summed E-state index contributed by atoms with van der Waals surface area (Å²) in [5.74, 6) is -0.341. The normalized spacial score (nSPS) is 10.8. The third-order valence-electron chi connectivity index (χ3n) is 3.34. The number of rotatable bonds is 4. The lowest BCUT2D eigenvalue weighted by molar-refractivity contribution is 0.0950. The molecule has 3 rings (SSSR count). The van der Waals surface area contributed by atoms with Gasteiger partial charge in [-0.15, -0.1) is 0 Å². The predicted molar refractivity (Wildman–Crippen MR) is 90.3 cm³/mol. The van der Waals surface area contributed by atoms with E-state index in [0.717, 1.165) is 22.4 Å². The van der Waals surface area contributed by atoms with Gasteiger partial charge in [0.05, 0.1) is 6.21 Å². The molecule has 2 N–H and O–H groups in total. The SMILES string of the molecule is Cc1cc(C(=O)N/N=C/c2ccc(-c3ccccc3)cc2)n[nH]1. The number of nitrogens with one attached hydrogen (secondary N) is 2. The Balaban J connectivity index is 1.63. The van der Waals surface area contributed by atoms with Crippen molar-refractivity contribution in [1.29, 1.82) is 0 Å². The molecule has 2 aromatic carbocycles. The molecule has 0 aliphatic heterocycles. The molecule has 0 bridgehead atoms. The second-order valence-corrected chi connectivity index (χ2v) is 5.12. The number of hydrogen-bond acceptors (Lipinski definition) is 3. The lowest BCUT2D eigenvalue weighted by Crippen LogP contribution is -2.17. The quantitative estimate of drug-likeness (QED) is 0.574. The minimum Gasteiger partial charge on any atom is -0.282 e. The fourth-order valence-electron chi connectivity index (χ4n) is 2.15. The Morgan fingerprint density at radius 3 is 2.43 bits per heavy atom. The third kappa shape index (κ3) is 3.71. The largest absolute Gasteiger partial charge is 0.291 e. The van der Waals surface area contributed by atoms with Gasteiger partial charge in [0.2, 0.25) is 0 Å². The van der Waals surface area contributed by atoms with E-state index in [2.05, 4.69) is 32.9 Å². The van der Waals surface area contributed by atoms with E-state index in [-0.39, 0.29) is 5.91 Å². The van der Waals surface area contributed by atoms with Crippen molar-refractivity contribution < 1.29 is 4.79 Å². The monoisotopic (exact) mass is 304 g/mol. The zero-order valence-corrected chi connectivity index (χ0v) is 12.7. The Hall–Kier alpha value is -3.21. The Labute approximate surface area is 134 Å². The number of carbonyl (C=O) groups excluding carboxylic acids is 1. The summed E-state index contributed by atoms with van der Waals surface area (Å²) in [6.07, 6.45) is 1.60. The molecule has 5 nitrogen and oxygen atoms in total. The van der Waals surface area contributed by atoms with Crippen molar-refractivity contribution in [2.24, 2.45) is 5.10 Å². The molecule has 0 radical (unpaired) electrons. The number of aromatic nitrogens is 2. The molecular weight excluding hydrogens is 288 g/mol. The van der Waals surface area contributed by atoms with E-state index in [9.17, 15) is 4.79 Å². The molecule has 114 valence electrons. The molecule has 0 unspecified atom stereocenters. The minimum absolute atomic E-state index is 0.319. The van der Waals surface area contributed by atoms with Crippen LogP contribution < -0.4 is 5.43 Å². The standard InChI is InChI=1S/C18H16N4O/c1-13-11-17(21-20-13)18(23)22-19-12-14-7-9-16(10-8-14)15-5-3-2-4-6-15/h2-12H,1H3,(H,20,21)(H,22,23)/b19-12+. The number of hydrazone groups is 1. The highest BCUT2D eigenvalue weighted by Crippen LogP contribution is 2.18. The average molecular weight is 304 g/mol. The predicted octanol–water partition coefficient (Wildman–Crippen LogP) is 3.15. The van der Waals surface area contributed by atoms with E-state index in [1.807, 2.05) is 49.4 Å². The second-order valence-electron chi connectivity index (χ2n) is 5.12. The zero-order chi connectivity index (χ0) is 16.1. The van der Waals surface area contributed by atoms with Crippen LogP contribution in [-0.4, -0.2) is 22.3 Å². The Morgan fingerprint density at radius 2 is 1.78 bits per heavy atom. The molecule has 0 aliphatic carbocycles. The molecule has 0 aliphatic rings. The molecule has 3 aromatic rings. The maximum Gasteiger partial charge on any atom is 0.291 e. The second kappa shape index (κ2) is 6.70. The average Bonchev–Trinajstić information content (AvgIpc) is 3.03. The summed E-state index contributed by atoms with van der Waals surface area (Å²) in [4.78, 5) is 11.8. The third-order valence-corrected chi connectivity index (χ3v) is 3.34. The highest BCUT2D eigenvalue weighted by Gasteiger charge is 2.07. The smallest absolute Gasteiger partial charge is 0.282 e. The summed E-state index contributed by atoms with van der Waals surface area (Å²) >= 11 is 0. The van der Waals surface area contributed by atoms with Gasteiger partial charge in [0.25, 0.3) is 5.91 Å². The van der Waals surface area contributed by atoms with Crippen molar-refractivity contribution in [1.82, 2.24) is 15.6 Å². The van der Waals surface area contributed by atoms with Crippen LogP contribution >= 0.6 is 0 Å². The first-order valence-electron chi connectivity index (χ1n) is 7.23.